The Balaban J connectivity index is 1.54. The van der Waals surface area contributed by atoms with Crippen molar-refractivity contribution in [1.29, 1.82) is 0 Å². The Morgan fingerprint density at radius 3 is 2.29 bits per heavy atom. The predicted octanol–water partition coefficient (Wildman–Crippen LogP) is 6.13. The molecular weight excluding hydrogens is 368 g/mol. The third kappa shape index (κ3) is 4.89. The lowest BCUT2D eigenvalue weighted by Crippen LogP contribution is -2.26. The van der Waals surface area contributed by atoms with Crippen molar-refractivity contribution in [1.82, 2.24) is 0 Å². The second-order valence-electron chi connectivity index (χ2n) is 8.80. The van der Waals surface area contributed by atoms with Crippen LogP contribution in [0.5, 0.6) is 0 Å². The van der Waals surface area contributed by atoms with Crippen molar-refractivity contribution in [3.05, 3.63) is 47.2 Å². The average molecular weight is 403 g/mol. The van der Waals surface area contributed by atoms with E-state index in [0.717, 1.165) is 30.9 Å². The van der Waals surface area contributed by atoms with Crippen molar-refractivity contribution in [3.8, 4) is 11.3 Å². The molecule has 1 saturated carbocycles. The topological polar surface area (TPSA) is 47.3 Å². The summed E-state index contributed by atoms with van der Waals surface area (Å²) in [4.78, 5) is 0. The number of furan rings is 1. The first kappa shape index (κ1) is 21.2. The van der Waals surface area contributed by atoms with Crippen LogP contribution in [-0.2, 0) is 16.3 Å². The molecule has 0 aliphatic heterocycles. The van der Waals surface area contributed by atoms with Crippen molar-refractivity contribution >= 4 is 9.84 Å². The molecule has 0 unspecified atom stereocenters. The van der Waals surface area contributed by atoms with Gasteiger partial charge in [-0.25, -0.2) is 8.42 Å². The van der Waals surface area contributed by atoms with Crippen LogP contribution in [0.4, 0.5) is 0 Å². The minimum atomic E-state index is -2.91. The average Bonchev–Trinajstić information content (AvgIpc) is 3.18. The van der Waals surface area contributed by atoms with E-state index in [-0.39, 0.29) is 5.25 Å². The van der Waals surface area contributed by atoms with Gasteiger partial charge in [-0.3, -0.25) is 0 Å². The monoisotopic (exact) mass is 402 g/mol. The van der Waals surface area contributed by atoms with Crippen LogP contribution in [0.1, 0.15) is 62.6 Å². The quantitative estimate of drug-likeness (QED) is 0.560. The highest BCUT2D eigenvalue weighted by Gasteiger charge is 2.27. The number of hydrogen-bond donors (Lipinski definition) is 0. The molecule has 1 fully saturated rings. The van der Waals surface area contributed by atoms with Gasteiger partial charge in [-0.1, -0.05) is 25.0 Å². The summed E-state index contributed by atoms with van der Waals surface area (Å²) in [5.74, 6) is 2.40. The zero-order valence-corrected chi connectivity index (χ0v) is 18.5. The molecule has 1 aliphatic carbocycles. The van der Waals surface area contributed by atoms with Gasteiger partial charge in [0, 0.05) is 5.56 Å². The molecule has 1 aromatic carbocycles. The van der Waals surface area contributed by atoms with Crippen LogP contribution >= 0.6 is 0 Å². The molecule has 3 nitrogen and oxygen atoms in total. The van der Waals surface area contributed by atoms with Gasteiger partial charge in [0.1, 0.15) is 5.76 Å². The van der Waals surface area contributed by atoms with Gasteiger partial charge in [0.25, 0.3) is 0 Å². The molecule has 1 aliphatic rings. The van der Waals surface area contributed by atoms with Crippen LogP contribution < -0.4 is 0 Å². The molecule has 2 aromatic rings. The molecule has 0 saturated heterocycles. The summed E-state index contributed by atoms with van der Waals surface area (Å²) in [7, 11) is -2.91. The van der Waals surface area contributed by atoms with E-state index in [2.05, 4.69) is 26.0 Å². The smallest absolute Gasteiger partial charge is 0.152 e. The molecule has 0 radical (unpaired) electrons. The molecule has 0 atom stereocenters. The van der Waals surface area contributed by atoms with Crippen LogP contribution in [0.3, 0.4) is 0 Å². The standard InChI is InChI=1S/C24H34O3S/c1-17(2)28(25,26)16-21-9-7-20(8-10-21)11-12-22-13-14-23(19(4)18(22)3)24-6-5-15-27-24/h5-6,13-15,17,20-21H,7-12,16H2,1-4H3. The van der Waals surface area contributed by atoms with E-state index >= 15 is 0 Å². The minimum Gasteiger partial charge on any atom is -0.464 e. The fourth-order valence-corrected chi connectivity index (χ4v) is 5.79. The molecule has 1 heterocycles. The molecule has 154 valence electrons. The van der Waals surface area contributed by atoms with Gasteiger partial charge in [-0.15, -0.1) is 0 Å². The van der Waals surface area contributed by atoms with Crippen LogP contribution in [0.2, 0.25) is 0 Å². The highest BCUT2D eigenvalue weighted by atomic mass is 32.2. The van der Waals surface area contributed by atoms with E-state index in [0.29, 0.717) is 11.7 Å². The van der Waals surface area contributed by atoms with Crippen molar-refractivity contribution in [2.24, 2.45) is 11.8 Å². The summed E-state index contributed by atoms with van der Waals surface area (Å²) >= 11 is 0. The van der Waals surface area contributed by atoms with E-state index in [4.69, 9.17) is 4.42 Å². The van der Waals surface area contributed by atoms with Crippen molar-refractivity contribution in [3.63, 3.8) is 0 Å². The predicted molar refractivity (Wildman–Crippen MR) is 116 cm³/mol. The van der Waals surface area contributed by atoms with E-state index in [1.807, 2.05) is 12.1 Å². The van der Waals surface area contributed by atoms with Crippen molar-refractivity contribution in [2.75, 3.05) is 5.75 Å². The molecule has 3 rings (SSSR count). The summed E-state index contributed by atoms with van der Waals surface area (Å²) in [5, 5.41) is -0.249. The van der Waals surface area contributed by atoms with Crippen LogP contribution in [-0.4, -0.2) is 19.4 Å². The first-order valence-electron chi connectivity index (χ1n) is 10.6. The fourth-order valence-electron chi connectivity index (χ4n) is 4.41. The second-order valence-corrected chi connectivity index (χ2v) is 11.4. The molecule has 0 spiro atoms. The normalized spacial score (nSPS) is 20.6. The molecule has 28 heavy (non-hydrogen) atoms. The van der Waals surface area contributed by atoms with Gasteiger partial charge in [-0.2, -0.15) is 0 Å². The number of aryl methyl sites for hydroxylation is 1. The maximum atomic E-state index is 12.2. The van der Waals surface area contributed by atoms with Gasteiger partial charge in [0.05, 0.1) is 17.3 Å². The Bertz CT molecular complexity index is 871. The lowest BCUT2D eigenvalue weighted by atomic mass is 9.80. The molecule has 4 heteroatoms. The van der Waals surface area contributed by atoms with Gasteiger partial charge < -0.3 is 4.42 Å². The van der Waals surface area contributed by atoms with Gasteiger partial charge in [0.15, 0.2) is 9.84 Å². The summed E-state index contributed by atoms with van der Waals surface area (Å²) in [6.45, 7) is 7.98. The third-order valence-electron chi connectivity index (χ3n) is 6.66. The SMILES string of the molecule is Cc1c(CCC2CCC(CS(=O)(=O)C(C)C)CC2)ccc(-c2ccco2)c1C. The molecule has 0 N–H and O–H groups in total. The summed E-state index contributed by atoms with van der Waals surface area (Å²) in [6.07, 6.45) is 8.48. The minimum absolute atomic E-state index is 0.249. The Hall–Kier alpha value is -1.55. The van der Waals surface area contributed by atoms with Crippen LogP contribution in [0, 0.1) is 25.7 Å². The lowest BCUT2D eigenvalue weighted by Gasteiger charge is -2.29. The third-order valence-corrected chi connectivity index (χ3v) is 9.03. The summed E-state index contributed by atoms with van der Waals surface area (Å²) < 4.78 is 29.9. The number of benzene rings is 1. The Labute approximate surface area is 170 Å². The van der Waals surface area contributed by atoms with E-state index < -0.39 is 9.84 Å². The molecule has 0 amide bonds. The molecule has 0 bridgehead atoms. The Morgan fingerprint density at radius 2 is 1.68 bits per heavy atom. The van der Waals surface area contributed by atoms with E-state index in [1.54, 1.807) is 20.1 Å². The number of rotatable bonds is 7. The summed E-state index contributed by atoms with van der Waals surface area (Å²) in [6, 6.07) is 8.38. The van der Waals surface area contributed by atoms with Crippen molar-refractivity contribution < 1.29 is 12.8 Å². The first-order valence-corrected chi connectivity index (χ1v) is 12.3. The van der Waals surface area contributed by atoms with Gasteiger partial charge in [0.2, 0.25) is 0 Å². The van der Waals surface area contributed by atoms with Crippen LogP contribution in [0.25, 0.3) is 11.3 Å². The maximum Gasteiger partial charge on any atom is 0.152 e. The van der Waals surface area contributed by atoms with Gasteiger partial charge >= 0.3 is 0 Å². The summed E-state index contributed by atoms with van der Waals surface area (Å²) in [5.41, 5.74) is 5.27. The van der Waals surface area contributed by atoms with Crippen molar-refractivity contribution in [2.45, 2.75) is 71.5 Å². The fraction of sp³-hybridized carbons (Fsp3) is 0.583. The second kappa shape index (κ2) is 8.86. The zero-order valence-electron chi connectivity index (χ0n) is 17.7. The largest absolute Gasteiger partial charge is 0.464 e. The zero-order chi connectivity index (χ0) is 20.3. The first-order chi connectivity index (χ1) is 13.3. The number of hydrogen-bond acceptors (Lipinski definition) is 3. The highest BCUT2D eigenvalue weighted by molar-refractivity contribution is 7.91. The maximum absolute atomic E-state index is 12.2. The van der Waals surface area contributed by atoms with Gasteiger partial charge in [-0.05, 0) is 94.0 Å². The lowest BCUT2D eigenvalue weighted by molar-refractivity contribution is 0.278. The van der Waals surface area contributed by atoms with E-state index in [1.165, 1.54) is 41.5 Å². The number of sulfone groups is 1. The van der Waals surface area contributed by atoms with E-state index in [9.17, 15) is 8.42 Å². The van der Waals surface area contributed by atoms with Crippen LogP contribution in [0.15, 0.2) is 34.9 Å². The highest BCUT2D eigenvalue weighted by Crippen LogP contribution is 2.34. The molecular formula is C24H34O3S. The molecule has 1 aromatic heterocycles. The Morgan fingerprint density at radius 1 is 1.00 bits per heavy atom. The Kier molecular flexibility index (Phi) is 6.69.